The number of carbonyl (C=O) groups excluding carboxylic acids is 1. The van der Waals surface area contributed by atoms with Crippen molar-refractivity contribution < 1.29 is 14.0 Å². The third-order valence-corrected chi connectivity index (χ3v) is 3.52. The number of hydroxylamine groups is 2. The van der Waals surface area contributed by atoms with E-state index in [1.165, 1.54) is 0 Å². The molecule has 0 aromatic carbocycles. The van der Waals surface area contributed by atoms with Crippen LogP contribution in [0.5, 0.6) is 0 Å². The van der Waals surface area contributed by atoms with Gasteiger partial charge in [-0.1, -0.05) is 6.92 Å². The molecule has 1 aromatic rings. The van der Waals surface area contributed by atoms with E-state index in [1.54, 1.807) is 4.90 Å². The average Bonchev–Trinajstić information content (AvgIpc) is 2.99. The SMILES string of the molecule is CCc1nnc(CN(CC)C(=O)CCN2CCCCO2)o1. The van der Waals surface area contributed by atoms with Crippen LogP contribution in [0.2, 0.25) is 0 Å². The number of aromatic nitrogens is 2. The molecule has 7 nitrogen and oxygen atoms in total. The van der Waals surface area contributed by atoms with Crippen molar-refractivity contribution in [3.8, 4) is 0 Å². The maximum atomic E-state index is 12.3. The van der Waals surface area contributed by atoms with Gasteiger partial charge in [0, 0.05) is 32.5 Å². The Bertz CT molecular complexity index is 443. The topological polar surface area (TPSA) is 71.7 Å². The largest absolute Gasteiger partial charge is 0.423 e. The third kappa shape index (κ3) is 4.78. The van der Waals surface area contributed by atoms with Gasteiger partial charge in [-0.2, -0.15) is 5.06 Å². The quantitative estimate of drug-likeness (QED) is 0.757. The summed E-state index contributed by atoms with van der Waals surface area (Å²) in [4.78, 5) is 19.5. The molecule has 0 N–H and O–H groups in total. The second-order valence-corrected chi connectivity index (χ2v) is 5.07. The van der Waals surface area contributed by atoms with Gasteiger partial charge in [-0.3, -0.25) is 9.63 Å². The Labute approximate surface area is 125 Å². The van der Waals surface area contributed by atoms with Gasteiger partial charge in [-0.15, -0.1) is 10.2 Å². The van der Waals surface area contributed by atoms with Gasteiger partial charge in [0.15, 0.2) is 0 Å². The molecule has 118 valence electrons. The number of hydrogen-bond donors (Lipinski definition) is 0. The van der Waals surface area contributed by atoms with Crippen LogP contribution in [0.4, 0.5) is 0 Å². The summed E-state index contributed by atoms with van der Waals surface area (Å²) in [5.41, 5.74) is 0. The lowest BCUT2D eigenvalue weighted by molar-refractivity contribution is -0.182. The van der Waals surface area contributed by atoms with Crippen molar-refractivity contribution in [3.63, 3.8) is 0 Å². The van der Waals surface area contributed by atoms with Gasteiger partial charge in [-0.25, -0.2) is 0 Å². The fourth-order valence-electron chi connectivity index (χ4n) is 2.24. The molecule has 0 bridgehead atoms. The molecule has 0 saturated carbocycles. The number of aryl methyl sites for hydroxylation is 1. The lowest BCUT2D eigenvalue weighted by Crippen LogP contribution is -2.36. The predicted molar refractivity (Wildman–Crippen MR) is 76.1 cm³/mol. The van der Waals surface area contributed by atoms with Crippen LogP contribution in [0.3, 0.4) is 0 Å². The zero-order valence-electron chi connectivity index (χ0n) is 12.9. The first kappa shape index (κ1) is 15.9. The van der Waals surface area contributed by atoms with E-state index in [-0.39, 0.29) is 5.91 Å². The number of rotatable bonds is 7. The molecule has 0 atom stereocenters. The summed E-state index contributed by atoms with van der Waals surface area (Å²) in [5.74, 6) is 1.19. The maximum absolute atomic E-state index is 12.3. The standard InChI is InChI=1S/C14H24N4O3/c1-3-12-15-16-13(21-12)11-17(4-2)14(19)7-9-18-8-5-6-10-20-18/h3-11H2,1-2H3. The van der Waals surface area contributed by atoms with E-state index in [0.29, 0.717) is 44.3 Å². The smallest absolute Gasteiger partial charge is 0.235 e. The van der Waals surface area contributed by atoms with Crippen LogP contribution in [0.25, 0.3) is 0 Å². The molecular formula is C14H24N4O3. The van der Waals surface area contributed by atoms with Crippen LogP contribution < -0.4 is 0 Å². The number of amides is 1. The molecule has 0 spiro atoms. The molecular weight excluding hydrogens is 272 g/mol. The van der Waals surface area contributed by atoms with Crippen LogP contribution in [-0.2, 0) is 22.6 Å². The Morgan fingerprint density at radius 2 is 2.10 bits per heavy atom. The Morgan fingerprint density at radius 1 is 1.29 bits per heavy atom. The Morgan fingerprint density at radius 3 is 2.71 bits per heavy atom. The minimum atomic E-state index is 0.0860. The summed E-state index contributed by atoms with van der Waals surface area (Å²) in [6.45, 7) is 7.22. The first-order valence-electron chi connectivity index (χ1n) is 7.69. The molecule has 1 aliphatic rings. The van der Waals surface area contributed by atoms with Crippen LogP contribution in [-0.4, -0.2) is 52.3 Å². The highest BCUT2D eigenvalue weighted by molar-refractivity contribution is 5.76. The average molecular weight is 296 g/mol. The van der Waals surface area contributed by atoms with Crippen molar-refractivity contribution in [2.45, 2.75) is 46.1 Å². The van der Waals surface area contributed by atoms with Crippen molar-refractivity contribution in [2.24, 2.45) is 0 Å². The van der Waals surface area contributed by atoms with Crippen molar-refractivity contribution >= 4 is 5.91 Å². The van der Waals surface area contributed by atoms with E-state index in [9.17, 15) is 4.79 Å². The molecule has 1 aromatic heterocycles. The highest BCUT2D eigenvalue weighted by Gasteiger charge is 2.18. The molecule has 2 heterocycles. The predicted octanol–water partition coefficient (Wildman–Crippen LogP) is 1.40. The van der Waals surface area contributed by atoms with E-state index in [0.717, 1.165) is 26.0 Å². The first-order valence-corrected chi connectivity index (χ1v) is 7.69. The van der Waals surface area contributed by atoms with E-state index in [2.05, 4.69) is 10.2 Å². The normalized spacial score (nSPS) is 16.1. The minimum absolute atomic E-state index is 0.0860. The summed E-state index contributed by atoms with van der Waals surface area (Å²) < 4.78 is 5.46. The monoisotopic (exact) mass is 296 g/mol. The molecule has 0 aliphatic carbocycles. The Hall–Kier alpha value is -1.47. The number of carbonyl (C=O) groups is 1. The summed E-state index contributed by atoms with van der Waals surface area (Å²) >= 11 is 0. The number of nitrogens with zero attached hydrogens (tertiary/aromatic N) is 4. The molecule has 21 heavy (non-hydrogen) atoms. The second-order valence-electron chi connectivity index (χ2n) is 5.07. The molecule has 1 fully saturated rings. The molecule has 0 radical (unpaired) electrons. The summed E-state index contributed by atoms with van der Waals surface area (Å²) in [7, 11) is 0. The van der Waals surface area contributed by atoms with Gasteiger partial charge in [-0.05, 0) is 19.8 Å². The summed E-state index contributed by atoms with van der Waals surface area (Å²) in [5, 5.41) is 9.77. The molecule has 1 saturated heterocycles. The summed E-state index contributed by atoms with van der Waals surface area (Å²) in [6, 6.07) is 0. The minimum Gasteiger partial charge on any atom is -0.423 e. The summed E-state index contributed by atoms with van der Waals surface area (Å²) in [6.07, 6.45) is 3.39. The lowest BCUT2D eigenvalue weighted by atomic mass is 10.3. The van der Waals surface area contributed by atoms with E-state index in [1.807, 2.05) is 18.9 Å². The van der Waals surface area contributed by atoms with Gasteiger partial charge < -0.3 is 9.32 Å². The molecule has 1 amide bonds. The maximum Gasteiger partial charge on any atom is 0.235 e. The molecule has 1 aliphatic heterocycles. The van der Waals surface area contributed by atoms with Crippen LogP contribution >= 0.6 is 0 Å². The van der Waals surface area contributed by atoms with Gasteiger partial charge >= 0.3 is 0 Å². The van der Waals surface area contributed by atoms with Crippen molar-refractivity contribution in [2.75, 3.05) is 26.2 Å². The fourth-order valence-corrected chi connectivity index (χ4v) is 2.24. The van der Waals surface area contributed by atoms with Crippen molar-refractivity contribution in [3.05, 3.63) is 11.8 Å². The number of hydrogen-bond acceptors (Lipinski definition) is 6. The fraction of sp³-hybridized carbons (Fsp3) is 0.786. The highest BCUT2D eigenvalue weighted by Crippen LogP contribution is 2.09. The zero-order valence-corrected chi connectivity index (χ0v) is 12.9. The van der Waals surface area contributed by atoms with Crippen LogP contribution in [0.1, 0.15) is 44.9 Å². The van der Waals surface area contributed by atoms with Crippen LogP contribution in [0, 0.1) is 0 Å². The molecule has 2 rings (SSSR count). The lowest BCUT2D eigenvalue weighted by Gasteiger charge is -2.26. The van der Waals surface area contributed by atoms with Gasteiger partial charge in [0.2, 0.25) is 17.7 Å². The third-order valence-electron chi connectivity index (χ3n) is 3.52. The van der Waals surface area contributed by atoms with Crippen molar-refractivity contribution in [1.82, 2.24) is 20.2 Å². The van der Waals surface area contributed by atoms with E-state index >= 15 is 0 Å². The first-order chi connectivity index (χ1) is 10.2. The Kier molecular flexibility index (Phi) is 6.13. The molecule has 7 heteroatoms. The van der Waals surface area contributed by atoms with Gasteiger partial charge in [0.05, 0.1) is 13.2 Å². The van der Waals surface area contributed by atoms with Gasteiger partial charge in [0.1, 0.15) is 0 Å². The highest BCUT2D eigenvalue weighted by atomic mass is 16.7. The van der Waals surface area contributed by atoms with Crippen molar-refractivity contribution in [1.29, 1.82) is 0 Å². The van der Waals surface area contributed by atoms with E-state index in [4.69, 9.17) is 9.25 Å². The zero-order chi connectivity index (χ0) is 15.1. The van der Waals surface area contributed by atoms with Gasteiger partial charge in [0.25, 0.3) is 0 Å². The molecule has 0 unspecified atom stereocenters. The second kappa shape index (κ2) is 8.09. The van der Waals surface area contributed by atoms with Crippen LogP contribution in [0.15, 0.2) is 4.42 Å². The Balaban J connectivity index is 1.80. The van der Waals surface area contributed by atoms with E-state index < -0.39 is 0 Å².